The molecule has 5 atom stereocenters. The Morgan fingerprint density at radius 3 is 2.53 bits per heavy atom. The molecule has 10 nitrogen and oxygen atoms in total. The molecule has 1 amide bonds. The Bertz CT molecular complexity index is 1260. The van der Waals surface area contributed by atoms with Crippen molar-refractivity contribution in [2.45, 2.75) is 50.8 Å². The molecule has 1 heterocycles. The number of likely N-dealkylation sites (tertiary alicyclic amines) is 1. The minimum atomic E-state index is -1.30. The van der Waals surface area contributed by atoms with Crippen molar-refractivity contribution >= 4 is 17.5 Å². The smallest absolute Gasteiger partial charge is 0.255 e. The number of aliphatic hydroxyl groups excluding tert-OH is 2. The van der Waals surface area contributed by atoms with E-state index in [9.17, 15) is 29.7 Å². The molecule has 1 aromatic rings. The third kappa shape index (κ3) is 4.02. The van der Waals surface area contributed by atoms with Gasteiger partial charge in [0, 0.05) is 42.0 Å². The quantitative estimate of drug-likeness (QED) is 0.356. The third-order valence-corrected chi connectivity index (χ3v) is 8.95. The molecule has 10 heteroatoms. The summed E-state index contributed by atoms with van der Waals surface area (Å²) in [5.74, 6) is -6.28. The van der Waals surface area contributed by atoms with Crippen LogP contribution in [-0.2, 0) is 20.9 Å². The Balaban J connectivity index is 1.52. The lowest BCUT2D eigenvalue weighted by Crippen LogP contribution is -2.51. The van der Waals surface area contributed by atoms with Crippen LogP contribution in [0.15, 0.2) is 34.8 Å². The third-order valence-electron chi connectivity index (χ3n) is 8.95. The Morgan fingerprint density at radius 1 is 1.21 bits per heavy atom. The molecular formula is C28H35N3O7. The Hall–Kier alpha value is -3.21. The summed E-state index contributed by atoms with van der Waals surface area (Å²) < 4.78 is 5.25. The molecule has 1 aromatic carbocycles. The van der Waals surface area contributed by atoms with Crippen molar-refractivity contribution in [3.05, 3.63) is 51.5 Å². The molecule has 0 radical (unpaired) electrons. The monoisotopic (exact) mass is 525 g/mol. The Kier molecular flexibility index (Phi) is 6.83. The summed E-state index contributed by atoms with van der Waals surface area (Å²) >= 11 is 0. The highest BCUT2D eigenvalue weighted by Gasteiger charge is 2.56. The Morgan fingerprint density at radius 2 is 1.89 bits per heavy atom. The van der Waals surface area contributed by atoms with E-state index in [2.05, 4.69) is 17.3 Å². The van der Waals surface area contributed by atoms with Crippen LogP contribution in [0.5, 0.6) is 5.75 Å². The molecular weight excluding hydrogens is 490 g/mol. The molecule has 1 fully saturated rings. The second-order valence-corrected chi connectivity index (χ2v) is 11.0. The van der Waals surface area contributed by atoms with Crippen molar-refractivity contribution in [1.82, 2.24) is 10.2 Å². The van der Waals surface area contributed by atoms with Crippen LogP contribution in [0.1, 0.15) is 53.6 Å². The lowest BCUT2D eigenvalue weighted by molar-refractivity contribution is -0.129. The van der Waals surface area contributed by atoms with Gasteiger partial charge >= 0.3 is 0 Å². The maximum Gasteiger partial charge on any atom is 0.255 e. The normalized spacial score (nSPS) is 30.2. The number of methoxy groups -OCH3 is 1. The minimum Gasteiger partial charge on any atom is -0.511 e. The molecule has 204 valence electrons. The predicted molar refractivity (Wildman–Crippen MR) is 137 cm³/mol. The van der Waals surface area contributed by atoms with Crippen molar-refractivity contribution in [2.24, 2.45) is 23.5 Å². The number of primary amides is 1. The fourth-order valence-electron chi connectivity index (χ4n) is 6.81. The number of fused-ring (bicyclic) bond motifs is 3. The van der Waals surface area contributed by atoms with Crippen LogP contribution in [0, 0.1) is 17.8 Å². The SMILES string of the molecule is COC1=C(C(N)=O)C(=O)C2C(O)=C3C(=O)c4c(ccc(CNC5CCN(C)CC5)c4O)[C@H](C)[C@H]3[C@H](O)C2C1. The van der Waals surface area contributed by atoms with Gasteiger partial charge in [0.2, 0.25) is 0 Å². The first-order valence-electron chi connectivity index (χ1n) is 13.1. The summed E-state index contributed by atoms with van der Waals surface area (Å²) in [6, 6.07) is 3.90. The number of hydrogen-bond acceptors (Lipinski definition) is 9. The number of amides is 1. The van der Waals surface area contributed by atoms with Crippen LogP contribution in [0.4, 0.5) is 0 Å². The number of phenols is 1. The van der Waals surface area contributed by atoms with Crippen LogP contribution in [0.3, 0.4) is 0 Å². The number of carbonyl (C=O) groups excluding carboxylic acids is 3. The number of benzene rings is 1. The number of ether oxygens (including phenoxy) is 1. The number of piperidine rings is 1. The van der Waals surface area contributed by atoms with Gasteiger partial charge < -0.3 is 36.0 Å². The topological polar surface area (TPSA) is 162 Å². The summed E-state index contributed by atoms with van der Waals surface area (Å²) in [7, 11) is 3.40. The van der Waals surface area contributed by atoms with Gasteiger partial charge in [-0.15, -0.1) is 0 Å². The fraction of sp³-hybridized carbons (Fsp3) is 0.536. The van der Waals surface area contributed by atoms with Gasteiger partial charge in [0.05, 0.1) is 24.7 Å². The van der Waals surface area contributed by atoms with E-state index in [1.807, 2.05) is 6.92 Å². The van der Waals surface area contributed by atoms with Gasteiger partial charge in [-0.1, -0.05) is 19.1 Å². The molecule has 2 unspecified atom stereocenters. The molecule has 5 rings (SSSR count). The van der Waals surface area contributed by atoms with Gasteiger partial charge in [-0.2, -0.15) is 0 Å². The number of aliphatic hydroxyl groups is 2. The summed E-state index contributed by atoms with van der Waals surface area (Å²) in [6.07, 6.45) is 0.818. The van der Waals surface area contributed by atoms with E-state index in [1.54, 1.807) is 12.1 Å². The number of nitrogens with zero attached hydrogens (tertiary/aromatic N) is 1. The summed E-state index contributed by atoms with van der Waals surface area (Å²) in [5, 5.41) is 37.4. The van der Waals surface area contributed by atoms with Crippen molar-refractivity contribution in [3.63, 3.8) is 0 Å². The van der Waals surface area contributed by atoms with E-state index in [-0.39, 0.29) is 34.6 Å². The molecule has 38 heavy (non-hydrogen) atoms. The molecule has 0 saturated carbocycles. The zero-order chi connectivity index (χ0) is 27.5. The van der Waals surface area contributed by atoms with Crippen molar-refractivity contribution < 1.29 is 34.4 Å². The summed E-state index contributed by atoms with van der Waals surface area (Å²) in [5.41, 5.74) is 6.19. The standard InChI is InChI=1S/C28H35N3O7/c1-12-15-5-4-13(11-30-14-6-8-31(2)9-7-14)23(32)19(15)26(35)22-18(12)24(33)16-10-17(38-3)21(28(29)37)25(34)20(16)27(22)36/h4-5,12,14,16,18,20,24,30,32-33,36H,6-11H2,1-3H3,(H2,29,37)/t12-,16?,18+,20?,24+/m0/s1. The number of phenolic OH excluding ortho intramolecular Hbond substituents is 1. The number of hydrogen-bond donors (Lipinski definition) is 5. The van der Waals surface area contributed by atoms with Gasteiger partial charge in [0.1, 0.15) is 22.8 Å². The van der Waals surface area contributed by atoms with E-state index < -0.39 is 53.0 Å². The first-order valence-corrected chi connectivity index (χ1v) is 13.1. The molecule has 3 aliphatic carbocycles. The molecule has 0 spiro atoms. The molecule has 6 N–H and O–H groups in total. The number of nitrogens with two attached hydrogens (primary N) is 1. The van der Waals surface area contributed by atoms with Crippen LogP contribution in [0.2, 0.25) is 0 Å². The highest BCUT2D eigenvalue weighted by Crippen LogP contribution is 2.53. The number of Topliss-reactive ketones (excluding diaryl/α,β-unsaturated/α-hetero) is 2. The average Bonchev–Trinajstić information content (AvgIpc) is 2.88. The van der Waals surface area contributed by atoms with E-state index in [0.717, 1.165) is 25.9 Å². The molecule has 1 saturated heterocycles. The average molecular weight is 526 g/mol. The number of rotatable bonds is 5. The largest absolute Gasteiger partial charge is 0.511 e. The van der Waals surface area contributed by atoms with Crippen LogP contribution < -0.4 is 11.1 Å². The zero-order valence-corrected chi connectivity index (χ0v) is 21.9. The van der Waals surface area contributed by atoms with Crippen molar-refractivity contribution in [2.75, 3.05) is 27.2 Å². The van der Waals surface area contributed by atoms with Crippen LogP contribution in [-0.4, -0.2) is 77.1 Å². The van der Waals surface area contributed by atoms with Gasteiger partial charge in [-0.05, 0) is 44.5 Å². The van der Waals surface area contributed by atoms with Crippen LogP contribution in [0.25, 0.3) is 0 Å². The second kappa shape index (κ2) is 9.83. The van der Waals surface area contributed by atoms with E-state index >= 15 is 0 Å². The number of carbonyl (C=O) groups is 3. The van der Waals surface area contributed by atoms with E-state index in [4.69, 9.17) is 10.5 Å². The van der Waals surface area contributed by atoms with Crippen molar-refractivity contribution in [1.29, 1.82) is 0 Å². The van der Waals surface area contributed by atoms with E-state index in [0.29, 0.717) is 23.7 Å². The summed E-state index contributed by atoms with van der Waals surface area (Å²) in [4.78, 5) is 41.4. The lowest BCUT2D eigenvalue weighted by atomic mass is 9.58. The number of allylic oxidation sites excluding steroid dienone is 2. The first kappa shape index (κ1) is 26.4. The highest BCUT2D eigenvalue weighted by atomic mass is 16.5. The maximum absolute atomic E-state index is 13.8. The second-order valence-electron chi connectivity index (χ2n) is 11.0. The molecule has 0 aromatic heterocycles. The predicted octanol–water partition coefficient (Wildman–Crippen LogP) is 1.27. The summed E-state index contributed by atoms with van der Waals surface area (Å²) in [6.45, 7) is 4.18. The zero-order valence-electron chi connectivity index (χ0n) is 21.9. The number of nitrogens with one attached hydrogen (secondary N) is 1. The number of ketones is 2. The number of aromatic hydroxyl groups is 1. The van der Waals surface area contributed by atoms with E-state index in [1.165, 1.54) is 7.11 Å². The van der Waals surface area contributed by atoms with Crippen LogP contribution >= 0.6 is 0 Å². The molecule has 1 aliphatic heterocycles. The molecule has 4 aliphatic rings. The first-order chi connectivity index (χ1) is 18.1. The van der Waals surface area contributed by atoms with Gasteiger partial charge in [-0.25, -0.2) is 0 Å². The van der Waals surface area contributed by atoms with Gasteiger partial charge in [-0.3, -0.25) is 14.4 Å². The highest BCUT2D eigenvalue weighted by molar-refractivity contribution is 6.22. The fourth-order valence-corrected chi connectivity index (χ4v) is 6.81. The van der Waals surface area contributed by atoms with Gasteiger partial charge in [0.15, 0.2) is 11.6 Å². The minimum absolute atomic E-state index is 0.0147. The maximum atomic E-state index is 13.8. The lowest BCUT2D eigenvalue weighted by Gasteiger charge is -2.46. The van der Waals surface area contributed by atoms with Gasteiger partial charge in [0.25, 0.3) is 5.91 Å². The molecule has 0 bridgehead atoms. The van der Waals surface area contributed by atoms with Crippen molar-refractivity contribution in [3.8, 4) is 5.75 Å². The Labute approximate surface area is 221 Å².